The van der Waals surface area contributed by atoms with E-state index in [0.29, 0.717) is 23.0 Å². The maximum absolute atomic E-state index is 12.8. The SMILES string of the molecule is CCOC(=O)C1=C(CSc2n[nH]c(=O)n2Cc2ccccc2)NC(=O)NC1c1cccs1. The number of nitrogens with zero attached hydrogens (tertiary/aromatic N) is 2. The number of carbonyl (C=O) groups excluding carboxylic acids is 2. The maximum atomic E-state index is 12.8. The lowest BCUT2D eigenvalue weighted by Crippen LogP contribution is -2.46. The van der Waals surface area contributed by atoms with Crippen LogP contribution < -0.4 is 16.3 Å². The molecule has 3 aromatic rings. The molecule has 0 saturated heterocycles. The predicted octanol–water partition coefficient (Wildman–Crippen LogP) is 2.64. The Balaban J connectivity index is 1.63. The van der Waals surface area contributed by atoms with Gasteiger partial charge in [-0.3, -0.25) is 4.57 Å². The van der Waals surface area contributed by atoms with E-state index in [0.717, 1.165) is 10.4 Å². The van der Waals surface area contributed by atoms with E-state index in [2.05, 4.69) is 20.8 Å². The summed E-state index contributed by atoms with van der Waals surface area (Å²) in [5.74, 6) is -0.277. The van der Waals surface area contributed by atoms with Crippen molar-refractivity contribution in [3.63, 3.8) is 0 Å². The number of hydrogen-bond donors (Lipinski definition) is 3. The van der Waals surface area contributed by atoms with Crippen molar-refractivity contribution in [1.82, 2.24) is 25.4 Å². The number of urea groups is 1. The van der Waals surface area contributed by atoms with Crippen molar-refractivity contribution in [3.8, 4) is 0 Å². The summed E-state index contributed by atoms with van der Waals surface area (Å²) in [5.41, 5.74) is 1.39. The van der Waals surface area contributed by atoms with Crippen molar-refractivity contribution in [3.05, 3.63) is 80.0 Å². The van der Waals surface area contributed by atoms with Gasteiger partial charge in [-0.15, -0.1) is 16.4 Å². The van der Waals surface area contributed by atoms with Crippen LogP contribution >= 0.6 is 23.1 Å². The highest BCUT2D eigenvalue weighted by Gasteiger charge is 2.34. The molecule has 0 radical (unpaired) electrons. The van der Waals surface area contributed by atoms with Gasteiger partial charge in [-0.25, -0.2) is 19.5 Å². The Labute approximate surface area is 191 Å². The Bertz CT molecular complexity index is 1180. The topological polar surface area (TPSA) is 118 Å². The van der Waals surface area contributed by atoms with E-state index >= 15 is 0 Å². The van der Waals surface area contributed by atoms with Crippen molar-refractivity contribution in [1.29, 1.82) is 0 Å². The highest BCUT2D eigenvalue weighted by atomic mass is 32.2. The van der Waals surface area contributed by atoms with Crippen LogP contribution in [0.15, 0.2) is 69.1 Å². The third-order valence-electron chi connectivity index (χ3n) is 4.73. The van der Waals surface area contributed by atoms with Gasteiger partial charge in [0.1, 0.15) is 0 Å². The van der Waals surface area contributed by atoms with Crippen molar-refractivity contribution < 1.29 is 14.3 Å². The first kappa shape index (κ1) is 21.9. The molecular formula is C21H21N5O4S2. The summed E-state index contributed by atoms with van der Waals surface area (Å²) < 4.78 is 6.78. The highest BCUT2D eigenvalue weighted by molar-refractivity contribution is 7.99. The van der Waals surface area contributed by atoms with Crippen LogP contribution in [0.3, 0.4) is 0 Å². The number of esters is 1. The quantitative estimate of drug-likeness (QED) is 0.343. The van der Waals surface area contributed by atoms with Crippen LogP contribution in [0.4, 0.5) is 4.79 Å². The minimum Gasteiger partial charge on any atom is -0.463 e. The van der Waals surface area contributed by atoms with E-state index in [1.54, 1.807) is 6.92 Å². The fraction of sp³-hybridized carbons (Fsp3) is 0.238. The second-order valence-electron chi connectivity index (χ2n) is 6.83. The molecule has 0 bridgehead atoms. The van der Waals surface area contributed by atoms with E-state index < -0.39 is 18.0 Å². The first-order valence-electron chi connectivity index (χ1n) is 9.89. The molecule has 3 N–H and O–H groups in total. The van der Waals surface area contributed by atoms with Gasteiger partial charge in [0.25, 0.3) is 0 Å². The van der Waals surface area contributed by atoms with Crippen LogP contribution in [0.5, 0.6) is 0 Å². The van der Waals surface area contributed by atoms with Crippen LogP contribution in [0.2, 0.25) is 0 Å². The summed E-state index contributed by atoms with van der Waals surface area (Å²) in [7, 11) is 0. The van der Waals surface area contributed by atoms with Crippen molar-refractivity contribution in [2.75, 3.05) is 12.4 Å². The summed E-state index contributed by atoms with van der Waals surface area (Å²) in [4.78, 5) is 38.2. The van der Waals surface area contributed by atoms with Gasteiger partial charge >= 0.3 is 17.7 Å². The molecule has 1 aromatic carbocycles. The van der Waals surface area contributed by atoms with Gasteiger partial charge in [-0.1, -0.05) is 48.2 Å². The molecule has 32 heavy (non-hydrogen) atoms. The number of nitrogens with one attached hydrogen (secondary N) is 3. The summed E-state index contributed by atoms with van der Waals surface area (Å²) in [6.07, 6.45) is 0. The average molecular weight is 472 g/mol. The Morgan fingerprint density at radius 3 is 2.75 bits per heavy atom. The summed E-state index contributed by atoms with van der Waals surface area (Å²) in [5, 5.41) is 14.5. The van der Waals surface area contributed by atoms with E-state index in [1.807, 2.05) is 47.8 Å². The van der Waals surface area contributed by atoms with Gasteiger partial charge < -0.3 is 15.4 Å². The minimum atomic E-state index is -0.607. The number of hydrogen-bond acceptors (Lipinski definition) is 7. The molecule has 3 heterocycles. The first-order valence-corrected chi connectivity index (χ1v) is 11.8. The van der Waals surface area contributed by atoms with Crippen LogP contribution in [0.1, 0.15) is 23.4 Å². The number of ether oxygens (including phenoxy) is 1. The van der Waals surface area contributed by atoms with E-state index in [9.17, 15) is 14.4 Å². The third kappa shape index (κ3) is 4.78. The molecule has 166 valence electrons. The van der Waals surface area contributed by atoms with Gasteiger partial charge in [-0.05, 0) is 23.9 Å². The van der Waals surface area contributed by atoms with E-state index in [-0.39, 0.29) is 18.0 Å². The molecular weight excluding hydrogens is 450 g/mol. The number of amides is 2. The number of H-pyrrole nitrogens is 1. The van der Waals surface area contributed by atoms with Crippen molar-refractivity contribution >= 4 is 35.1 Å². The summed E-state index contributed by atoms with van der Waals surface area (Å²) >= 11 is 2.69. The second kappa shape index (κ2) is 9.88. The van der Waals surface area contributed by atoms with Gasteiger partial charge in [0.15, 0.2) is 5.16 Å². The molecule has 1 aliphatic heterocycles. The zero-order valence-corrected chi connectivity index (χ0v) is 18.8. The number of aromatic amines is 1. The van der Waals surface area contributed by atoms with Gasteiger partial charge in [0.2, 0.25) is 0 Å². The number of thioether (sulfide) groups is 1. The molecule has 2 aromatic heterocycles. The Kier molecular flexibility index (Phi) is 6.76. The Morgan fingerprint density at radius 2 is 2.03 bits per heavy atom. The molecule has 9 nitrogen and oxygen atoms in total. The van der Waals surface area contributed by atoms with Crippen LogP contribution in [0, 0.1) is 0 Å². The molecule has 0 aliphatic carbocycles. The number of carbonyl (C=O) groups is 2. The van der Waals surface area contributed by atoms with Crippen LogP contribution in [0.25, 0.3) is 0 Å². The Morgan fingerprint density at radius 1 is 1.22 bits per heavy atom. The highest BCUT2D eigenvalue weighted by Crippen LogP contribution is 2.32. The molecule has 1 unspecified atom stereocenters. The fourth-order valence-electron chi connectivity index (χ4n) is 3.31. The van der Waals surface area contributed by atoms with Gasteiger partial charge in [-0.2, -0.15) is 0 Å². The smallest absolute Gasteiger partial charge is 0.344 e. The standard InChI is InChI=1S/C21H21N5O4S2/c1-2-30-18(27)16-14(22-19(28)23-17(16)15-9-6-10-31-15)12-32-21-25-24-20(29)26(21)11-13-7-4-3-5-8-13/h3-10,17H,2,11-12H2,1H3,(H,24,29)(H2,22,23,28). The maximum Gasteiger partial charge on any atom is 0.344 e. The number of thiophene rings is 1. The average Bonchev–Trinajstić information content (AvgIpc) is 3.44. The molecule has 1 aliphatic rings. The summed E-state index contributed by atoms with van der Waals surface area (Å²) in [6, 6.07) is 12.3. The first-order chi connectivity index (χ1) is 15.6. The van der Waals surface area contributed by atoms with Gasteiger partial charge in [0, 0.05) is 16.3 Å². The number of aromatic nitrogens is 3. The zero-order valence-electron chi connectivity index (χ0n) is 17.2. The minimum absolute atomic E-state index is 0.212. The van der Waals surface area contributed by atoms with Crippen LogP contribution in [-0.2, 0) is 16.1 Å². The third-order valence-corrected chi connectivity index (χ3v) is 6.67. The zero-order chi connectivity index (χ0) is 22.5. The lowest BCUT2D eigenvalue weighted by molar-refractivity contribution is -0.139. The molecule has 0 spiro atoms. The molecule has 1 atom stereocenters. The monoisotopic (exact) mass is 471 g/mol. The Hall–Kier alpha value is -3.31. The van der Waals surface area contributed by atoms with Crippen molar-refractivity contribution in [2.24, 2.45) is 0 Å². The lowest BCUT2D eigenvalue weighted by Gasteiger charge is -2.28. The van der Waals surface area contributed by atoms with Crippen molar-refractivity contribution in [2.45, 2.75) is 24.7 Å². The molecule has 0 fully saturated rings. The van der Waals surface area contributed by atoms with E-state index in [4.69, 9.17) is 4.74 Å². The van der Waals surface area contributed by atoms with E-state index in [1.165, 1.54) is 27.7 Å². The molecule has 11 heteroatoms. The largest absolute Gasteiger partial charge is 0.463 e. The number of benzene rings is 1. The van der Waals surface area contributed by atoms with Crippen LogP contribution in [-0.4, -0.2) is 39.1 Å². The molecule has 4 rings (SSSR count). The van der Waals surface area contributed by atoms with Gasteiger partial charge in [0.05, 0.1) is 24.8 Å². The summed E-state index contributed by atoms with van der Waals surface area (Å²) in [6.45, 7) is 2.30. The normalized spacial score (nSPS) is 15.9. The fourth-order valence-corrected chi connectivity index (χ4v) is 5.01. The molecule has 0 saturated carbocycles. The molecule has 2 amide bonds. The number of rotatable bonds is 8. The lowest BCUT2D eigenvalue weighted by atomic mass is 10.0. The predicted molar refractivity (Wildman–Crippen MR) is 122 cm³/mol. The second-order valence-corrected chi connectivity index (χ2v) is 8.75.